The van der Waals surface area contributed by atoms with E-state index in [-0.39, 0.29) is 47.1 Å². The molecule has 0 heterocycles. The Morgan fingerprint density at radius 3 is 2.45 bits per heavy atom. The molecule has 7 N–H and O–H groups in total. The average molecular weight is 558 g/mol. The minimum atomic E-state index is -2.72. The first-order valence-electron chi connectivity index (χ1n) is 13.7. The molecular formula is C29H36FN3O7. The van der Waals surface area contributed by atoms with Crippen LogP contribution in [0.3, 0.4) is 0 Å². The Bertz CT molecular complexity index is 1370. The number of likely N-dealkylation sites (N-methyl/N-ethyl adjacent to an activating group) is 1. The Morgan fingerprint density at radius 2 is 1.90 bits per heavy atom. The number of nitrogens with two attached hydrogens (primary N) is 1. The zero-order valence-electron chi connectivity index (χ0n) is 22.9. The summed E-state index contributed by atoms with van der Waals surface area (Å²) >= 11 is 0. The number of fused-ring (bicyclic) bond motifs is 3. The highest BCUT2D eigenvalue weighted by atomic mass is 19.1. The fourth-order valence-electron chi connectivity index (χ4n) is 7.27. The fraction of sp³-hybridized carbons (Fsp3) is 0.552. The van der Waals surface area contributed by atoms with E-state index in [0.717, 1.165) is 25.8 Å². The van der Waals surface area contributed by atoms with E-state index in [1.165, 1.54) is 31.5 Å². The van der Waals surface area contributed by atoms with Crippen molar-refractivity contribution in [1.82, 2.24) is 10.2 Å². The van der Waals surface area contributed by atoms with E-state index in [1.807, 2.05) is 0 Å². The molecule has 1 amide bonds. The largest absolute Gasteiger partial charge is 0.508 e. The summed E-state index contributed by atoms with van der Waals surface area (Å²) in [5.41, 5.74) is 1.64. The quantitative estimate of drug-likeness (QED) is 0.273. The van der Waals surface area contributed by atoms with E-state index >= 15 is 4.39 Å². The number of nitrogens with zero attached hydrogens (tertiary/aromatic N) is 1. The Balaban J connectivity index is 1.56. The third kappa shape index (κ3) is 3.89. The summed E-state index contributed by atoms with van der Waals surface area (Å²) in [4.78, 5) is 40.5. The number of amides is 1. The second-order valence-corrected chi connectivity index (χ2v) is 12.0. The molecule has 4 aliphatic rings. The monoisotopic (exact) mass is 557 g/mol. The first-order valence-corrected chi connectivity index (χ1v) is 13.7. The Morgan fingerprint density at radius 1 is 1.23 bits per heavy atom. The lowest BCUT2D eigenvalue weighted by molar-refractivity contribution is -0.153. The van der Waals surface area contributed by atoms with Crippen molar-refractivity contribution < 1.29 is 39.2 Å². The van der Waals surface area contributed by atoms with Gasteiger partial charge in [0.2, 0.25) is 5.78 Å². The van der Waals surface area contributed by atoms with Crippen molar-refractivity contribution in [2.75, 3.05) is 20.6 Å². The molecule has 10 nitrogen and oxygen atoms in total. The van der Waals surface area contributed by atoms with Crippen molar-refractivity contribution >= 4 is 23.2 Å². The molecular weight excluding hydrogens is 521 g/mol. The Labute approximate surface area is 231 Å². The molecule has 0 radical (unpaired) electrons. The van der Waals surface area contributed by atoms with Crippen LogP contribution in [0.2, 0.25) is 0 Å². The topological polar surface area (TPSA) is 173 Å². The molecule has 0 bridgehead atoms. The maximum Gasteiger partial charge on any atom is 0.255 e. The normalized spacial score (nSPS) is 29.2. The van der Waals surface area contributed by atoms with E-state index in [4.69, 9.17) is 5.73 Å². The van der Waals surface area contributed by atoms with Crippen LogP contribution in [-0.4, -0.2) is 75.1 Å². The number of ketones is 2. The number of phenols is 1. The van der Waals surface area contributed by atoms with Gasteiger partial charge in [0.1, 0.15) is 28.7 Å². The number of Topliss-reactive ketones (excluding diaryl/α,β-unsaturated/α-hetero) is 2. The molecule has 0 saturated heterocycles. The predicted molar refractivity (Wildman–Crippen MR) is 142 cm³/mol. The molecule has 0 aromatic heterocycles. The first kappa shape index (κ1) is 28.3. The number of carbonyl (C=O) groups excluding carboxylic acids is 3. The first-order chi connectivity index (χ1) is 18.8. The molecule has 1 aromatic carbocycles. The third-order valence-corrected chi connectivity index (χ3v) is 9.71. The summed E-state index contributed by atoms with van der Waals surface area (Å²) in [5, 5.41) is 47.9. The van der Waals surface area contributed by atoms with Gasteiger partial charge in [-0.2, -0.15) is 0 Å². The van der Waals surface area contributed by atoms with Crippen LogP contribution in [-0.2, 0) is 27.3 Å². The molecule has 11 heteroatoms. The highest BCUT2D eigenvalue weighted by Crippen LogP contribution is 2.53. The van der Waals surface area contributed by atoms with E-state index < -0.39 is 69.6 Å². The van der Waals surface area contributed by atoms with Gasteiger partial charge in [-0.05, 0) is 63.6 Å². The summed E-state index contributed by atoms with van der Waals surface area (Å²) in [6, 6.07) is 0.0236. The molecule has 0 aliphatic heterocycles. The van der Waals surface area contributed by atoms with Crippen LogP contribution in [0.4, 0.5) is 4.39 Å². The smallest absolute Gasteiger partial charge is 0.255 e. The van der Waals surface area contributed by atoms with Gasteiger partial charge in [0.15, 0.2) is 11.4 Å². The molecule has 5 rings (SSSR count). The Kier molecular flexibility index (Phi) is 6.83. The van der Waals surface area contributed by atoms with E-state index in [9.17, 15) is 34.8 Å². The fourth-order valence-corrected chi connectivity index (χ4v) is 7.27. The van der Waals surface area contributed by atoms with Crippen LogP contribution in [0.15, 0.2) is 23.0 Å². The molecule has 1 aromatic rings. The van der Waals surface area contributed by atoms with Gasteiger partial charge in [0.05, 0.1) is 11.6 Å². The number of halogens is 1. The van der Waals surface area contributed by atoms with Gasteiger partial charge >= 0.3 is 0 Å². The predicted octanol–water partition coefficient (Wildman–Crippen LogP) is 1.77. The van der Waals surface area contributed by atoms with Crippen LogP contribution in [0.5, 0.6) is 5.75 Å². The average Bonchev–Trinajstić information content (AvgIpc) is 2.85. The standard InChI is InChI=1S/C29H36FN3O7/c1-4-28(6-5-7-28)12-32-11-14-10-17(34)19-15(21(14)30)8-13-9-16-22(33(2)3)24(36)20(27(31)39)26(38)29(16,40)25(37)18(13)23(19)35/h10,13,16,22,32,34-35,38,40H,4-9,11-12H2,1-3H3,(H2,31,39)/t13-,16-,22-,29-/m0/s1. The van der Waals surface area contributed by atoms with Crippen LogP contribution in [0.1, 0.15) is 55.7 Å². The number of hydrogen-bond acceptors (Lipinski definition) is 9. The lowest BCUT2D eigenvalue weighted by atomic mass is 9.57. The highest BCUT2D eigenvalue weighted by molar-refractivity contribution is 6.24. The van der Waals surface area contributed by atoms with Crippen LogP contribution in [0, 0.1) is 23.1 Å². The molecule has 0 unspecified atom stereocenters. The van der Waals surface area contributed by atoms with Crippen molar-refractivity contribution in [2.45, 2.75) is 63.6 Å². The summed E-state index contributed by atoms with van der Waals surface area (Å²) in [6.45, 7) is 3.03. The summed E-state index contributed by atoms with van der Waals surface area (Å²) < 4.78 is 15.9. The second kappa shape index (κ2) is 9.67. The number of aliphatic hydroxyl groups is 3. The van der Waals surface area contributed by atoms with Crippen molar-refractivity contribution in [3.63, 3.8) is 0 Å². The number of nitrogens with one attached hydrogen (secondary N) is 1. The highest BCUT2D eigenvalue weighted by Gasteiger charge is 2.64. The lowest BCUT2D eigenvalue weighted by Crippen LogP contribution is -2.65. The zero-order valence-corrected chi connectivity index (χ0v) is 22.9. The molecule has 216 valence electrons. The number of carbonyl (C=O) groups is 3. The van der Waals surface area contributed by atoms with Crippen molar-refractivity contribution in [2.24, 2.45) is 23.0 Å². The number of benzene rings is 1. The molecule has 4 aliphatic carbocycles. The van der Waals surface area contributed by atoms with Crippen LogP contribution >= 0.6 is 0 Å². The van der Waals surface area contributed by atoms with E-state index in [1.54, 1.807) is 0 Å². The molecule has 40 heavy (non-hydrogen) atoms. The number of rotatable bonds is 7. The van der Waals surface area contributed by atoms with Gasteiger partial charge in [-0.3, -0.25) is 19.3 Å². The van der Waals surface area contributed by atoms with Gasteiger partial charge in [0.25, 0.3) is 5.91 Å². The van der Waals surface area contributed by atoms with Crippen LogP contribution < -0.4 is 11.1 Å². The van der Waals surface area contributed by atoms with Gasteiger partial charge < -0.3 is 31.5 Å². The number of hydrogen-bond donors (Lipinski definition) is 6. The number of aromatic hydroxyl groups is 1. The maximum atomic E-state index is 15.9. The lowest BCUT2D eigenvalue weighted by Gasteiger charge is -2.50. The van der Waals surface area contributed by atoms with Gasteiger partial charge in [-0.25, -0.2) is 4.39 Å². The van der Waals surface area contributed by atoms with Crippen molar-refractivity contribution in [1.29, 1.82) is 0 Å². The summed E-state index contributed by atoms with van der Waals surface area (Å²) in [7, 11) is 3.05. The van der Waals surface area contributed by atoms with Gasteiger partial charge in [-0.1, -0.05) is 13.3 Å². The Hall–Kier alpha value is -3.28. The summed E-state index contributed by atoms with van der Waals surface area (Å²) in [5.74, 6) is -8.17. The SMILES string of the molecule is CCC1(CNCc2cc(O)c3c(c2F)C[C@H]2C[C@H]4[C@H](N(C)C)C(=O)C(C(N)=O)=C(O)[C@@]4(O)C(=O)C2=C3O)CCC1. The third-order valence-electron chi connectivity index (χ3n) is 9.71. The molecule has 2 saturated carbocycles. The number of primary amides is 1. The van der Waals surface area contributed by atoms with Crippen molar-refractivity contribution in [3.8, 4) is 5.75 Å². The number of aliphatic hydroxyl groups excluding tert-OH is 2. The number of phenolic OH excluding ortho intramolecular Hbond substituents is 1. The minimum Gasteiger partial charge on any atom is -0.508 e. The second-order valence-electron chi connectivity index (χ2n) is 12.0. The van der Waals surface area contributed by atoms with E-state index in [2.05, 4.69) is 12.2 Å². The molecule has 4 atom stereocenters. The summed E-state index contributed by atoms with van der Waals surface area (Å²) in [6.07, 6.45) is 4.24. The van der Waals surface area contributed by atoms with Gasteiger partial charge in [-0.15, -0.1) is 0 Å². The minimum absolute atomic E-state index is 0.0382. The zero-order chi connectivity index (χ0) is 29.3. The van der Waals surface area contributed by atoms with E-state index in [0.29, 0.717) is 0 Å². The molecule has 0 spiro atoms. The van der Waals surface area contributed by atoms with Crippen molar-refractivity contribution in [3.05, 3.63) is 45.5 Å². The maximum absolute atomic E-state index is 15.9. The molecule has 2 fully saturated rings. The van der Waals surface area contributed by atoms with Gasteiger partial charge in [0, 0.05) is 35.7 Å². The van der Waals surface area contributed by atoms with Crippen LogP contribution in [0.25, 0.3) is 5.76 Å².